The molecule has 1 heterocycles. The SMILES string of the molecule is Clc1ccc(COc2ccccc2CNCCOc2ccccn2)c(Cl)c1. The van der Waals surface area contributed by atoms with E-state index in [1.807, 2.05) is 48.5 Å². The second-order valence-corrected chi connectivity index (χ2v) is 6.67. The largest absolute Gasteiger partial charge is 0.489 e. The van der Waals surface area contributed by atoms with Crippen molar-refractivity contribution in [2.75, 3.05) is 13.2 Å². The highest BCUT2D eigenvalue weighted by molar-refractivity contribution is 6.35. The topological polar surface area (TPSA) is 43.4 Å². The van der Waals surface area contributed by atoms with Gasteiger partial charge < -0.3 is 14.8 Å². The lowest BCUT2D eigenvalue weighted by atomic mass is 10.2. The third-order valence-corrected chi connectivity index (χ3v) is 4.44. The highest BCUT2D eigenvalue weighted by atomic mass is 35.5. The van der Waals surface area contributed by atoms with Crippen LogP contribution in [0.3, 0.4) is 0 Å². The third kappa shape index (κ3) is 6.14. The van der Waals surface area contributed by atoms with E-state index in [9.17, 15) is 0 Å². The Balaban J connectivity index is 1.48. The van der Waals surface area contributed by atoms with Crippen LogP contribution in [0.1, 0.15) is 11.1 Å². The number of nitrogens with one attached hydrogen (secondary N) is 1. The smallest absolute Gasteiger partial charge is 0.213 e. The van der Waals surface area contributed by atoms with Gasteiger partial charge in [0.05, 0.1) is 0 Å². The summed E-state index contributed by atoms with van der Waals surface area (Å²) in [6.45, 7) is 2.31. The van der Waals surface area contributed by atoms with Gasteiger partial charge in [0, 0.05) is 46.5 Å². The maximum atomic E-state index is 6.21. The first-order chi connectivity index (χ1) is 13.2. The van der Waals surface area contributed by atoms with Gasteiger partial charge in [-0.3, -0.25) is 0 Å². The van der Waals surface area contributed by atoms with Gasteiger partial charge in [-0.2, -0.15) is 0 Å². The average Bonchev–Trinajstić information content (AvgIpc) is 2.69. The minimum absolute atomic E-state index is 0.385. The summed E-state index contributed by atoms with van der Waals surface area (Å²) in [7, 11) is 0. The lowest BCUT2D eigenvalue weighted by Crippen LogP contribution is -2.21. The average molecular weight is 403 g/mol. The minimum Gasteiger partial charge on any atom is -0.489 e. The van der Waals surface area contributed by atoms with Gasteiger partial charge in [-0.1, -0.05) is 53.5 Å². The van der Waals surface area contributed by atoms with Crippen LogP contribution in [0.4, 0.5) is 0 Å². The molecule has 0 fully saturated rings. The molecule has 1 aromatic heterocycles. The number of pyridine rings is 1. The van der Waals surface area contributed by atoms with E-state index in [0.717, 1.165) is 16.9 Å². The Morgan fingerprint density at radius 1 is 0.889 bits per heavy atom. The summed E-state index contributed by atoms with van der Waals surface area (Å²) < 4.78 is 11.5. The summed E-state index contributed by atoms with van der Waals surface area (Å²) >= 11 is 12.1. The molecule has 2 aromatic carbocycles. The number of hydrogen-bond acceptors (Lipinski definition) is 4. The van der Waals surface area contributed by atoms with Gasteiger partial charge in [-0.05, 0) is 24.3 Å². The number of ether oxygens (including phenoxy) is 2. The standard InChI is InChI=1S/C21H20Cl2N2O2/c22-18-9-8-17(19(23)13-18)15-27-20-6-2-1-5-16(20)14-24-11-12-26-21-7-3-4-10-25-21/h1-10,13,24H,11-12,14-15H2. The van der Waals surface area contributed by atoms with E-state index in [0.29, 0.717) is 42.2 Å². The fourth-order valence-corrected chi connectivity index (χ4v) is 2.93. The Labute approximate surface area is 169 Å². The highest BCUT2D eigenvalue weighted by Gasteiger charge is 2.06. The first kappa shape index (κ1) is 19.5. The van der Waals surface area contributed by atoms with Crippen molar-refractivity contribution in [1.82, 2.24) is 10.3 Å². The van der Waals surface area contributed by atoms with Crippen LogP contribution in [0, 0.1) is 0 Å². The monoisotopic (exact) mass is 402 g/mol. The lowest BCUT2D eigenvalue weighted by Gasteiger charge is -2.13. The molecule has 0 saturated carbocycles. The maximum absolute atomic E-state index is 6.21. The number of benzene rings is 2. The zero-order chi connectivity index (χ0) is 18.9. The highest BCUT2D eigenvalue weighted by Crippen LogP contribution is 2.24. The number of halogens is 2. The van der Waals surface area contributed by atoms with Crippen molar-refractivity contribution in [3.63, 3.8) is 0 Å². The molecular weight excluding hydrogens is 383 g/mol. The molecule has 3 aromatic rings. The molecule has 0 aliphatic heterocycles. The molecule has 0 bridgehead atoms. The lowest BCUT2D eigenvalue weighted by molar-refractivity contribution is 0.295. The van der Waals surface area contributed by atoms with Gasteiger partial charge >= 0.3 is 0 Å². The molecule has 0 spiro atoms. The third-order valence-electron chi connectivity index (χ3n) is 3.85. The van der Waals surface area contributed by atoms with Crippen molar-refractivity contribution in [2.24, 2.45) is 0 Å². The Morgan fingerprint density at radius 2 is 1.74 bits per heavy atom. The van der Waals surface area contributed by atoms with E-state index in [-0.39, 0.29) is 0 Å². The second kappa shape index (κ2) is 10.2. The predicted octanol–water partition coefficient (Wildman–Crippen LogP) is 5.14. The number of nitrogens with zero attached hydrogens (tertiary/aromatic N) is 1. The van der Waals surface area contributed by atoms with Gasteiger partial charge in [-0.15, -0.1) is 0 Å². The predicted molar refractivity (Wildman–Crippen MR) is 109 cm³/mol. The molecule has 27 heavy (non-hydrogen) atoms. The number of rotatable bonds is 9. The summed E-state index contributed by atoms with van der Waals surface area (Å²) in [6.07, 6.45) is 1.71. The van der Waals surface area contributed by atoms with Crippen molar-refractivity contribution in [3.8, 4) is 11.6 Å². The van der Waals surface area contributed by atoms with Crippen LogP contribution in [0.2, 0.25) is 10.0 Å². The summed E-state index contributed by atoms with van der Waals surface area (Å²) in [5.74, 6) is 1.45. The summed E-state index contributed by atoms with van der Waals surface area (Å²) in [4.78, 5) is 4.13. The van der Waals surface area contributed by atoms with E-state index in [1.165, 1.54) is 0 Å². The maximum Gasteiger partial charge on any atom is 0.213 e. The second-order valence-electron chi connectivity index (χ2n) is 5.83. The number of aromatic nitrogens is 1. The molecule has 0 atom stereocenters. The van der Waals surface area contributed by atoms with E-state index >= 15 is 0 Å². The molecule has 140 valence electrons. The fraction of sp³-hybridized carbons (Fsp3) is 0.190. The van der Waals surface area contributed by atoms with Crippen molar-refractivity contribution in [1.29, 1.82) is 0 Å². The molecule has 0 saturated heterocycles. The Morgan fingerprint density at radius 3 is 2.56 bits per heavy atom. The number of hydrogen-bond donors (Lipinski definition) is 1. The van der Waals surface area contributed by atoms with Crippen molar-refractivity contribution in [2.45, 2.75) is 13.2 Å². The fourth-order valence-electron chi connectivity index (χ4n) is 2.47. The van der Waals surface area contributed by atoms with Gasteiger partial charge in [-0.25, -0.2) is 4.98 Å². The van der Waals surface area contributed by atoms with Gasteiger partial charge in [0.2, 0.25) is 5.88 Å². The van der Waals surface area contributed by atoms with E-state index in [1.54, 1.807) is 18.3 Å². The minimum atomic E-state index is 0.385. The molecule has 0 aliphatic rings. The quantitative estimate of drug-likeness (QED) is 0.503. The molecular formula is C21H20Cl2N2O2. The molecule has 0 amide bonds. The van der Waals surface area contributed by atoms with Crippen molar-refractivity contribution in [3.05, 3.63) is 88.0 Å². The summed E-state index contributed by atoms with van der Waals surface area (Å²) in [5, 5.41) is 4.57. The summed E-state index contributed by atoms with van der Waals surface area (Å²) in [5.41, 5.74) is 1.97. The van der Waals surface area contributed by atoms with E-state index in [2.05, 4.69) is 10.3 Å². The van der Waals surface area contributed by atoms with Gasteiger partial charge in [0.15, 0.2) is 0 Å². The zero-order valence-electron chi connectivity index (χ0n) is 14.7. The first-order valence-corrected chi connectivity index (χ1v) is 9.37. The van der Waals surface area contributed by atoms with Crippen LogP contribution >= 0.6 is 23.2 Å². The first-order valence-electron chi connectivity index (χ1n) is 8.61. The van der Waals surface area contributed by atoms with Crippen LogP contribution in [0.15, 0.2) is 66.9 Å². The van der Waals surface area contributed by atoms with Crippen molar-refractivity contribution >= 4 is 23.2 Å². The molecule has 0 aliphatic carbocycles. The van der Waals surface area contributed by atoms with Crippen molar-refractivity contribution < 1.29 is 9.47 Å². The Kier molecular flexibility index (Phi) is 7.34. The molecule has 1 N–H and O–H groups in total. The van der Waals surface area contributed by atoms with E-state index in [4.69, 9.17) is 32.7 Å². The van der Waals surface area contributed by atoms with Crippen LogP contribution in [0.5, 0.6) is 11.6 Å². The molecule has 6 heteroatoms. The van der Waals surface area contributed by atoms with Crippen LogP contribution in [-0.2, 0) is 13.2 Å². The van der Waals surface area contributed by atoms with Crippen LogP contribution in [0.25, 0.3) is 0 Å². The molecule has 0 unspecified atom stereocenters. The molecule has 0 radical (unpaired) electrons. The van der Waals surface area contributed by atoms with Crippen LogP contribution < -0.4 is 14.8 Å². The molecule has 4 nitrogen and oxygen atoms in total. The van der Waals surface area contributed by atoms with Crippen LogP contribution in [-0.4, -0.2) is 18.1 Å². The van der Waals surface area contributed by atoms with Gasteiger partial charge in [0.25, 0.3) is 0 Å². The Bertz CT molecular complexity index is 860. The number of para-hydroxylation sites is 1. The normalized spacial score (nSPS) is 10.6. The molecule has 3 rings (SSSR count). The van der Waals surface area contributed by atoms with Gasteiger partial charge in [0.1, 0.15) is 19.0 Å². The summed E-state index contributed by atoms with van der Waals surface area (Å²) in [6, 6.07) is 18.9. The Hall–Kier alpha value is -2.27. The van der Waals surface area contributed by atoms with E-state index < -0.39 is 0 Å². The zero-order valence-corrected chi connectivity index (χ0v) is 16.2.